The third-order valence-electron chi connectivity index (χ3n) is 7.25. The van der Waals surface area contributed by atoms with Crippen molar-refractivity contribution < 1.29 is 28.6 Å². The number of carbonyl (C=O) groups is 2. The van der Waals surface area contributed by atoms with Crippen LogP contribution < -0.4 is 10.6 Å². The number of aliphatic hydroxyl groups is 1. The van der Waals surface area contributed by atoms with Gasteiger partial charge >= 0.3 is 12.1 Å². The zero-order valence-corrected chi connectivity index (χ0v) is 23.8. The zero-order chi connectivity index (χ0) is 28.6. The first-order valence-corrected chi connectivity index (χ1v) is 13.9. The molecule has 0 radical (unpaired) electrons. The molecule has 1 aliphatic heterocycles. The molecule has 3 atom stereocenters. The van der Waals surface area contributed by atoms with Crippen molar-refractivity contribution in [2.45, 2.75) is 57.6 Å². The highest BCUT2D eigenvalue weighted by Gasteiger charge is 2.25. The van der Waals surface area contributed by atoms with Gasteiger partial charge in [-0.3, -0.25) is 0 Å². The maximum atomic E-state index is 14.1. The summed E-state index contributed by atoms with van der Waals surface area (Å²) < 4.78 is 24.2. The molecule has 220 valence electrons. The molecule has 0 aliphatic carbocycles. The van der Waals surface area contributed by atoms with Crippen molar-refractivity contribution in [1.82, 2.24) is 20.4 Å². The fraction of sp³-hybridized carbons (Fsp3) is 0.655. The van der Waals surface area contributed by atoms with Crippen LogP contribution in [0, 0.1) is 11.7 Å². The highest BCUT2D eigenvalue weighted by Crippen LogP contribution is 2.24. The molecule has 1 aromatic rings. The lowest BCUT2D eigenvalue weighted by Crippen LogP contribution is -2.47. The number of alkyl carbamates (subject to hydrolysis) is 1. The molecule has 0 saturated carbocycles. The monoisotopic (exact) mass is 550 g/mol. The van der Waals surface area contributed by atoms with E-state index in [0.717, 1.165) is 43.4 Å². The molecule has 3 N–H and O–H groups in total. The molecule has 0 aromatic heterocycles. The molecular weight excluding hydrogens is 503 g/mol. The predicted octanol–water partition coefficient (Wildman–Crippen LogP) is 3.35. The molecule has 9 nitrogen and oxygen atoms in total. The normalized spacial score (nSPS) is 17.0. The second kappa shape index (κ2) is 17.8. The largest absolute Gasteiger partial charge is 0.453 e. The van der Waals surface area contributed by atoms with Crippen LogP contribution in [-0.2, 0) is 22.3 Å². The van der Waals surface area contributed by atoms with Crippen LogP contribution in [0.5, 0.6) is 0 Å². The van der Waals surface area contributed by atoms with E-state index in [0.29, 0.717) is 45.3 Å². The Hall–Kier alpha value is -2.69. The van der Waals surface area contributed by atoms with Crippen molar-refractivity contribution in [2.24, 2.45) is 5.92 Å². The summed E-state index contributed by atoms with van der Waals surface area (Å²) in [7, 11) is 3.31. The fourth-order valence-electron chi connectivity index (χ4n) is 4.72. The lowest BCUT2D eigenvalue weighted by atomic mass is 9.88. The van der Waals surface area contributed by atoms with Crippen LogP contribution >= 0.6 is 0 Å². The SMILES string of the molecule is C=CCCOCCC(C)N(C)CCNC(=O)N1CCC[C@@H](Cc2cc(F)ccc2CC(O)CNC(=O)OC)C1. The number of methoxy groups -OCH3 is 1. The van der Waals surface area contributed by atoms with Crippen LogP contribution in [-0.4, -0.2) is 99.3 Å². The fourth-order valence-corrected chi connectivity index (χ4v) is 4.72. The molecule has 0 spiro atoms. The Morgan fingerprint density at radius 3 is 2.85 bits per heavy atom. The minimum Gasteiger partial charge on any atom is -0.453 e. The van der Waals surface area contributed by atoms with Crippen LogP contribution in [0.4, 0.5) is 14.0 Å². The lowest BCUT2D eigenvalue weighted by Gasteiger charge is -2.33. The number of carbonyl (C=O) groups excluding carboxylic acids is 2. The number of halogens is 1. The second-order valence-electron chi connectivity index (χ2n) is 10.3. The average molecular weight is 551 g/mol. The number of amides is 3. The summed E-state index contributed by atoms with van der Waals surface area (Å²) in [5.41, 5.74) is 1.66. The summed E-state index contributed by atoms with van der Waals surface area (Å²) in [6.45, 7) is 9.90. The summed E-state index contributed by atoms with van der Waals surface area (Å²) >= 11 is 0. The number of hydrogen-bond donors (Lipinski definition) is 3. The van der Waals surface area contributed by atoms with Crippen molar-refractivity contribution in [3.05, 3.63) is 47.8 Å². The van der Waals surface area contributed by atoms with Gasteiger partial charge in [-0.15, -0.1) is 6.58 Å². The Morgan fingerprint density at radius 1 is 1.31 bits per heavy atom. The summed E-state index contributed by atoms with van der Waals surface area (Å²) in [6, 6.07) is 4.85. The van der Waals surface area contributed by atoms with Gasteiger partial charge in [-0.1, -0.05) is 12.1 Å². The topological polar surface area (TPSA) is 103 Å². The minimum atomic E-state index is -0.826. The molecule has 1 heterocycles. The number of nitrogens with zero attached hydrogens (tertiary/aromatic N) is 2. The Labute approximate surface area is 232 Å². The zero-order valence-electron chi connectivity index (χ0n) is 23.8. The highest BCUT2D eigenvalue weighted by atomic mass is 19.1. The average Bonchev–Trinajstić information content (AvgIpc) is 2.92. The van der Waals surface area contributed by atoms with E-state index in [2.05, 4.69) is 40.8 Å². The van der Waals surface area contributed by atoms with E-state index in [-0.39, 0.29) is 30.7 Å². The standard InChI is InChI=1S/C29H47FN4O5/c1-5-6-15-39-16-11-22(2)33(3)14-12-31-28(36)34-13-7-8-23(21-34)17-25-18-26(30)10-9-24(25)19-27(35)20-32-29(37)38-4/h5,9-10,18,22-23,27,35H,1,6-8,11-17,19-21H2,2-4H3,(H,31,36)(H,32,37)/t22?,23-,27?/m0/s1. The van der Waals surface area contributed by atoms with Crippen LogP contribution in [0.15, 0.2) is 30.9 Å². The Morgan fingerprint density at radius 2 is 2.10 bits per heavy atom. The lowest BCUT2D eigenvalue weighted by molar-refractivity contribution is 0.112. The molecule has 10 heteroatoms. The van der Waals surface area contributed by atoms with Gasteiger partial charge in [0.15, 0.2) is 0 Å². The van der Waals surface area contributed by atoms with E-state index >= 15 is 0 Å². The van der Waals surface area contributed by atoms with Gasteiger partial charge in [-0.05, 0) is 75.3 Å². The predicted molar refractivity (Wildman–Crippen MR) is 150 cm³/mol. The molecule has 1 fully saturated rings. The molecule has 1 saturated heterocycles. The van der Waals surface area contributed by atoms with Gasteiger partial charge in [0.2, 0.25) is 0 Å². The summed E-state index contributed by atoms with van der Waals surface area (Å²) in [6.07, 6.45) is 4.92. The van der Waals surface area contributed by atoms with Gasteiger partial charge in [0, 0.05) is 58.4 Å². The highest BCUT2D eigenvalue weighted by molar-refractivity contribution is 5.74. The third kappa shape index (κ3) is 12.4. The smallest absolute Gasteiger partial charge is 0.406 e. The number of likely N-dealkylation sites (N-methyl/N-ethyl adjacent to an activating group) is 1. The van der Waals surface area contributed by atoms with E-state index in [1.807, 2.05) is 11.0 Å². The van der Waals surface area contributed by atoms with Crippen molar-refractivity contribution in [3.8, 4) is 0 Å². The van der Waals surface area contributed by atoms with E-state index < -0.39 is 12.2 Å². The number of benzene rings is 1. The molecule has 2 unspecified atom stereocenters. The number of aliphatic hydroxyl groups excluding tert-OH is 1. The van der Waals surface area contributed by atoms with E-state index in [1.165, 1.54) is 19.2 Å². The van der Waals surface area contributed by atoms with Crippen molar-refractivity contribution in [1.29, 1.82) is 0 Å². The molecule has 39 heavy (non-hydrogen) atoms. The van der Waals surface area contributed by atoms with Gasteiger partial charge in [0.05, 0.1) is 13.2 Å². The molecule has 3 amide bonds. The number of piperidine rings is 1. The molecule has 1 aliphatic rings. The number of likely N-dealkylation sites (tertiary alicyclic amines) is 1. The quantitative estimate of drug-likeness (QED) is 0.216. The number of rotatable bonds is 16. The van der Waals surface area contributed by atoms with Crippen LogP contribution in [0.1, 0.15) is 43.7 Å². The van der Waals surface area contributed by atoms with Crippen LogP contribution in [0.25, 0.3) is 0 Å². The van der Waals surface area contributed by atoms with Crippen molar-refractivity contribution in [3.63, 3.8) is 0 Å². The Kier molecular flexibility index (Phi) is 14.9. The first kappa shape index (κ1) is 32.5. The summed E-state index contributed by atoms with van der Waals surface area (Å²) in [5, 5.41) is 15.9. The molecular formula is C29H47FN4O5. The number of hydrogen-bond acceptors (Lipinski definition) is 6. The maximum Gasteiger partial charge on any atom is 0.406 e. The first-order valence-electron chi connectivity index (χ1n) is 13.9. The van der Waals surface area contributed by atoms with Crippen LogP contribution in [0.2, 0.25) is 0 Å². The molecule has 0 bridgehead atoms. The first-order chi connectivity index (χ1) is 18.7. The van der Waals surface area contributed by atoms with E-state index in [4.69, 9.17) is 4.74 Å². The summed E-state index contributed by atoms with van der Waals surface area (Å²) in [4.78, 5) is 28.2. The van der Waals surface area contributed by atoms with Gasteiger partial charge in [-0.25, -0.2) is 14.0 Å². The van der Waals surface area contributed by atoms with Gasteiger partial charge < -0.3 is 35.0 Å². The number of ether oxygens (including phenoxy) is 2. The molecule has 1 aromatic carbocycles. The third-order valence-corrected chi connectivity index (χ3v) is 7.25. The summed E-state index contributed by atoms with van der Waals surface area (Å²) in [5.74, 6) is -0.137. The second-order valence-corrected chi connectivity index (χ2v) is 10.3. The van der Waals surface area contributed by atoms with Gasteiger partial charge in [0.1, 0.15) is 5.82 Å². The van der Waals surface area contributed by atoms with Crippen molar-refractivity contribution in [2.75, 3.05) is 60.1 Å². The number of urea groups is 1. The minimum absolute atomic E-state index is 0.0400. The Bertz CT molecular complexity index is 902. The van der Waals surface area contributed by atoms with Gasteiger partial charge in [-0.2, -0.15) is 0 Å². The Balaban J connectivity index is 1.81. The van der Waals surface area contributed by atoms with E-state index in [9.17, 15) is 19.1 Å². The van der Waals surface area contributed by atoms with Crippen LogP contribution in [0.3, 0.4) is 0 Å². The van der Waals surface area contributed by atoms with Crippen molar-refractivity contribution >= 4 is 12.1 Å². The van der Waals surface area contributed by atoms with E-state index in [1.54, 1.807) is 6.07 Å². The maximum absolute atomic E-state index is 14.1. The number of nitrogens with one attached hydrogen (secondary N) is 2. The van der Waals surface area contributed by atoms with Gasteiger partial charge in [0.25, 0.3) is 0 Å². The molecule has 2 rings (SSSR count).